The average molecular weight is 452 g/mol. The Balaban J connectivity index is 1.06. The smallest absolute Gasteiger partial charge is 0.229 e. The number of fused-ring (bicyclic) bond motifs is 1. The van der Waals surface area contributed by atoms with Crippen molar-refractivity contribution in [2.24, 2.45) is 5.41 Å². The van der Waals surface area contributed by atoms with E-state index in [2.05, 4.69) is 28.2 Å². The third-order valence-electron chi connectivity index (χ3n) is 8.37. The monoisotopic (exact) mass is 451 g/mol. The molecule has 1 aromatic heterocycles. The summed E-state index contributed by atoms with van der Waals surface area (Å²) in [6.45, 7) is 3.85. The predicted molar refractivity (Wildman–Crippen MR) is 129 cm³/mol. The second-order valence-corrected chi connectivity index (χ2v) is 10.5. The van der Waals surface area contributed by atoms with Crippen LogP contribution in [0.1, 0.15) is 75.7 Å². The van der Waals surface area contributed by atoms with E-state index in [1.165, 1.54) is 29.3 Å². The number of aromatic nitrogens is 1. The van der Waals surface area contributed by atoms with Crippen molar-refractivity contribution in [3.05, 3.63) is 30.0 Å². The summed E-state index contributed by atoms with van der Waals surface area (Å²) in [4.78, 5) is 32.8. The van der Waals surface area contributed by atoms with Crippen LogP contribution in [-0.2, 0) is 9.59 Å². The summed E-state index contributed by atoms with van der Waals surface area (Å²) in [7, 11) is 1.72. The fourth-order valence-electron chi connectivity index (χ4n) is 6.42. The topological polar surface area (TPSA) is 65.6 Å². The minimum atomic E-state index is 0.00489. The number of ether oxygens (including phenoxy) is 1. The van der Waals surface area contributed by atoms with Gasteiger partial charge in [-0.1, -0.05) is 12.8 Å². The molecule has 1 saturated carbocycles. The van der Waals surface area contributed by atoms with Crippen LogP contribution < -0.4 is 4.74 Å². The number of nitrogens with one attached hydrogen (secondary N) is 1. The van der Waals surface area contributed by atoms with Crippen LogP contribution in [0.15, 0.2) is 24.4 Å². The van der Waals surface area contributed by atoms with Crippen molar-refractivity contribution < 1.29 is 14.3 Å². The Labute approximate surface area is 196 Å². The van der Waals surface area contributed by atoms with Gasteiger partial charge in [-0.25, -0.2) is 0 Å². The maximum absolute atomic E-state index is 12.6. The summed E-state index contributed by atoms with van der Waals surface area (Å²) in [6, 6.07) is 6.24. The van der Waals surface area contributed by atoms with Crippen molar-refractivity contribution in [3.63, 3.8) is 0 Å². The van der Waals surface area contributed by atoms with Crippen molar-refractivity contribution in [2.45, 2.75) is 70.1 Å². The highest BCUT2D eigenvalue weighted by molar-refractivity contribution is 5.98. The normalized spacial score (nSPS) is 22.0. The van der Waals surface area contributed by atoms with Gasteiger partial charge in [0.25, 0.3) is 0 Å². The molecule has 2 amide bonds. The molecular formula is C27H37N3O3. The number of rotatable bonds is 7. The molecule has 3 heterocycles. The van der Waals surface area contributed by atoms with Crippen LogP contribution in [0, 0.1) is 5.41 Å². The molecule has 0 unspecified atom stereocenters. The number of carbonyl (C=O) groups is 2. The van der Waals surface area contributed by atoms with Gasteiger partial charge in [0.2, 0.25) is 11.8 Å². The van der Waals surface area contributed by atoms with Crippen LogP contribution in [0.3, 0.4) is 0 Å². The SMILES string of the molecule is COc1ccc2[nH]cc(C3CCN(CCCCN4C(=O)CC5(CCCC5)CC4=O)CC3)c2c1. The molecule has 178 valence electrons. The van der Waals surface area contributed by atoms with E-state index in [0.717, 1.165) is 63.9 Å². The minimum absolute atomic E-state index is 0.00489. The maximum atomic E-state index is 12.6. The Kier molecular flexibility index (Phi) is 6.46. The quantitative estimate of drug-likeness (QED) is 0.483. The van der Waals surface area contributed by atoms with Gasteiger partial charge < -0.3 is 14.6 Å². The summed E-state index contributed by atoms with van der Waals surface area (Å²) >= 11 is 0. The summed E-state index contributed by atoms with van der Waals surface area (Å²) in [6.07, 6.45) is 12.1. The Morgan fingerprint density at radius 2 is 1.73 bits per heavy atom. The Morgan fingerprint density at radius 1 is 1.03 bits per heavy atom. The van der Waals surface area contributed by atoms with Crippen LogP contribution in [0.25, 0.3) is 10.9 Å². The first-order valence-corrected chi connectivity index (χ1v) is 12.8. The van der Waals surface area contributed by atoms with Crippen LogP contribution in [-0.4, -0.2) is 59.9 Å². The van der Waals surface area contributed by atoms with Crippen molar-refractivity contribution in [2.75, 3.05) is 33.3 Å². The van der Waals surface area contributed by atoms with E-state index in [1.54, 1.807) is 12.0 Å². The Hall–Kier alpha value is -2.34. The molecule has 6 heteroatoms. The van der Waals surface area contributed by atoms with Gasteiger partial charge in [-0.3, -0.25) is 14.5 Å². The number of piperidine rings is 2. The van der Waals surface area contributed by atoms with E-state index in [1.807, 2.05) is 6.07 Å². The van der Waals surface area contributed by atoms with Gasteiger partial charge >= 0.3 is 0 Å². The highest BCUT2D eigenvalue weighted by atomic mass is 16.5. The number of aromatic amines is 1. The molecule has 1 aliphatic carbocycles. The van der Waals surface area contributed by atoms with Crippen LogP contribution in [0.5, 0.6) is 5.75 Å². The Morgan fingerprint density at radius 3 is 2.42 bits per heavy atom. The molecule has 3 fully saturated rings. The van der Waals surface area contributed by atoms with Crippen molar-refractivity contribution in [1.82, 2.24) is 14.8 Å². The third-order valence-corrected chi connectivity index (χ3v) is 8.37. The van der Waals surface area contributed by atoms with Gasteiger partial charge in [0.1, 0.15) is 5.75 Å². The lowest BCUT2D eigenvalue weighted by Gasteiger charge is -2.37. The fourth-order valence-corrected chi connectivity index (χ4v) is 6.42. The van der Waals surface area contributed by atoms with E-state index in [0.29, 0.717) is 25.3 Å². The maximum Gasteiger partial charge on any atom is 0.229 e. The highest BCUT2D eigenvalue weighted by Gasteiger charge is 2.44. The first kappa shape index (κ1) is 22.5. The molecule has 1 aromatic carbocycles. The molecule has 1 N–H and O–H groups in total. The van der Waals surface area contributed by atoms with Crippen molar-refractivity contribution in [1.29, 1.82) is 0 Å². The van der Waals surface area contributed by atoms with Crippen LogP contribution in [0.2, 0.25) is 0 Å². The zero-order chi connectivity index (χ0) is 22.8. The first-order valence-electron chi connectivity index (χ1n) is 12.8. The van der Waals surface area contributed by atoms with E-state index in [9.17, 15) is 9.59 Å². The van der Waals surface area contributed by atoms with Crippen molar-refractivity contribution >= 4 is 22.7 Å². The molecule has 5 rings (SSSR count). The van der Waals surface area contributed by atoms with E-state index < -0.39 is 0 Å². The molecule has 33 heavy (non-hydrogen) atoms. The number of amides is 2. The zero-order valence-corrected chi connectivity index (χ0v) is 19.9. The highest BCUT2D eigenvalue weighted by Crippen LogP contribution is 2.47. The van der Waals surface area contributed by atoms with Crippen LogP contribution in [0.4, 0.5) is 0 Å². The van der Waals surface area contributed by atoms with E-state index in [4.69, 9.17) is 4.74 Å². The number of benzene rings is 1. The number of H-pyrrole nitrogens is 1. The Bertz CT molecular complexity index is 979. The summed E-state index contributed by atoms with van der Waals surface area (Å²) in [5, 5.41) is 1.28. The van der Waals surface area contributed by atoms with Gasteiger partial charge in [0.15, 0.2) is 0 Å². The molecule has 1 spiro atoms. The van der Waals surface area contributed by atoms with Gasteiger partial charge in [0.05, 0.1) is 7.11 Å². The van der Waals surface area contributed by atoms with Gasteiger partial charge in [-0.15, -0.1) is 0 Å². The van der Waals surface area contributed by atoms with Gasteiger partial charge in [-0.05, 0) is 93.3 Å². The number of nitrogens with zero attached hydrogens (tertiary/aromatic N) is 2. The van der Waals surface area contributed by atoms with E-state index >= 15 is 0 Å². The molecule has 0 bridgehead atoms. The molecular weight excluding hydrogens is 414 g/mol. The largest absolute Gasteiger partial charge is 0.497 e. The first-order chi connectivity index (χ1) is 16.1. The molecule has 6 nitrogen and oxygen atoms in total. The molecule has 2 saturated heterocycles. The number of carbonyl (C=O) groups excluding carboxylic acids is 2. The third kappa shape index (κ3) is 4.68. The average Bonchev–Trinajstić information content (AvgIpc) is 3.45. The predicted octanol–water partition coefficient (Wildman–Crippen LogP) is 4.85. The molecule has 0 radical (unpaired) electrons. The number of likely N-dealkylation sites (tertiary alicyclic amines) is 2. The summed E-state index contributed by atoms with van der Waals surface area (Å²) < 4.78 is 5.42. The lowest BCUT2D eigenvalue weighted by Crippen LogP contribution is -2.47. The van der Waals surface area contributed by atoms with Gasteiger partial charge in [-0.2, -0.15) is 0 Å². The second kappa shape index (κ2) is 9.49. The zero-order valence-electron chi connectivity index (χ0n) is 19.9. The lowest BCUT2D eigenvalue weighted by atomic mass is 9.76. The summed E-state index contributed by atoms with van der Waals surface area (Å²) in [5.74, 6) is 1.63. The molecule has 0 atom stereocenters. The second-order valence-electron chi connectivity index (χ2n) is 10.5. The van der Waals surface area contributed by atoms with Gasteiger partial charge in [0, 0.05) is 36.5 Å². The fraction of sp³-hybridized carbons (Fsp3) is 0.630. The number of methoxy groups -OCH3 is 1. The van der Waals surface area contributed by atoms with Crippen molar-refractivity contribution in [3.8, 4) is 5.75 Å². The van der Waals surface area contributed by atoms with E-state index in [-0.39, 0.29) is 17.2 Å². The minimum Gasteiger partial charge on any atom is -0.497 e. The molecule has 2 aromatic rings. The standard InChI is InChI=1S/C27H37N3O3/c1-33-21-6-7-24-22(16-21)23(19-28-24)20-8-14-29(15-9-20)12-4-5-13-30-25(31)17-27(18-26(30)32)10-2-3-11-27/h6-7,16,19-20,28H,2-5,8-15,17-18H2,1H3. The number of hydrogen-bond acceptors (Lipinski definition) is 4. The molecule has 3 aliphatic rings. The number of unbranched alkanes of at least 4 members (excludes halogenated alkanes) is 1. The molecule has 2 aliphatic heterocycles. The van der Waals surface area contributed by atoms with Crippen LogP contribution >= 0.6 is 0 Å². The summed E-state index contributed by atoms with van der Waals surface area (Å²) in [5.41, 5.74) is 2.59. The number of imide groups is 1. The number of hydrogen-bond donors (Lipinski definition) is 1. The lowest BCUT2D eigenvalue weighted by molar-refractivity contribution is -0.153.